The smallest absolute Gasteiger partial charge is 0.261 e. The van der Waals surface area contributed by atoms with Gasteiger partial charge in [0, 0.05) is 26.2 Å². The topological polar surface area (TPSA) is 91.5 Å². The van der Waals surface area contributed by atoms with Gasteiger partial charge in [0.25, 0.3) is 5.91 Å². The number of anilines is 1. The molecule has 0 saturated carbocycles. The number of nitrogens with two attached hydrogens (primary N) is 1. The fourth-order valence-electron chi connectivity index (χ4n) is 2.26. The fraction of sp³-hybridized carbons (Fsp3) is 0.538. The maximum Gasteiger partial charge on any atom is 0.261 e. The number of carbonyl (C=O) groups is 1. The van der Waals surface area contributed by atoms with E-state index in [0.717, 1.165) is 27.8 Å². The van der Waals surface area contributed by atoms with Crippen molar-refractivity contribution in [2.75, 3.05) is 31.1 Å². The van der Waals surface area contributed by atoms with Crippen molar-refractivity contribution in [3.05, 3.63) is 10.9 Å². The molecule has 1 unspecified atom stereocenters. The molecule has 0 bridgehead atoms. The molecule has 0 aliphatic carbocycles. The van der Waals surface area contributed by atoms with E-state index in [9.17, 15) is 9.90 Å². The number of nitrogens with one attached hydrogen (secondary N) is 1. The minimum Gasteiger partial charge on any atom is -0.390 e. The molecule has 114 valence electrons. The number of hydrogen-bond donors (Lipinski definition) is 3. The van der Waals surface area contributed by atoms with Gasteiger partial charge in [-0.3, -0.25) is 4.79 Å². The molecule has 0 aromatic carbocycles. The van der Waals surface area contributed by atoms with E-state index in [1.165, 1.54) is 24.2 Å². The summed E-state index contributed by atoms with van der Waals surface area (Å²) in [6.45, 7) is 2.46. The zero-order valence-corrected chi connectivity index (χ0v) is 13.2. The first kappa shape index (κ1) is 14.7. The lowest BCUT2D eigenvalue weighted by Crippen LogP contribution is -2.35. The van der Waals surface area contributed by atoms with Crippen LogP contribution in [-0.2, 0) is 0 Å². The third-order valence-corrected chi connectivity index (χ3v) is 5.67. The van der Waals surface area contributed by atoms with Gasteiger partial charge in [-0.05, 0) is 18.9 Å². The highest BCUT2D eigenvalue weighted by molar-refractivity contribution is 7.29. The van der Waals surface area contributed by atoms with Crippen molar-refractivity contribution in [2.45, 2.75) is 18.9 Å². The molecule has 2 aromatic rings. The summed E-state index contributed by atoms with van der Waals surface area (Å²) in [5.74, 6) is -0.180. The van der Waals surface area contributed by atoms with Gasteiger partial charge in [0.05, 0.1) is 15.7 Å². The van der Waals surface area contributed by atoms with Gasteiger partial charge in [0.1, 0.15) is 4.83 Å². The van der Waals surface area contributed by atoms with E-state index in [1.54, 1.807) is 11.3 Å². The molecule has 6 nitrogen and oxygen atoms in total. The number of carbonyl (C=O) groups excluding carboxylic acids is 1. The number of nitrogens with zero attached hydrogens (tertiary/aromatic N) is 2. The summed E-state index contributed by atoms with van der Waals surface area (Å²) in [5.41, 5.74) is 5.31. The first-order valence-electron chi connectivity index (χ1n) is 6.99. The van der Waals surface area contributed by atoms with Gasteiger partial charge in [-0.25, -0.2) is 4.98 Å². The molecule has 0 radical (unpaired) electrons. The average molecular weight is 326 g/mol. The highest BCUT2D eigenvalue weighted by atomic mass is 32.1. The Bertz CT molecular complexity index is 602. The van der Waals surface area contributed by atoms with Gasteiger partial charge in [-0.15, -0.1) is 11.3 Å². The van der Waals surface area contributed by atoms with Gasteiger partial charge in [-0.1, -0.05) is 11.3 Å². The Labute approximate surface area is 130 Å². The van der Waals surface area contributed by atoms with Gasteiger partial charge in [-0.2, -0.15) is 0 Å². The van der Waals surface area contributed by atoms with Crippen LogP contribution in [-0.4, -0.2) is 48.3 Å². The lowest BCUT2D eigenvalue weighted by Gasteiger charge is -2.11. The first-order valence-corrected chi connectivity index (χ1v) is 8.62. The minimum atomic E-state index is -0.699. The fourth-order valence-corrected chi connectivity index (χ4v) is 4.44. The van der Waals surface area contributed by atoms with Crippen molar-refractivity contribution < 1.29 is 9.90 Å². The van der Waals surface area contributed by atoms with E-state index in [4.69, 9.17) is 5.73 Å². The lowest BCUT2D eigenvalue weighted by atomic mass is 10.3. The number of thiophene rings is 1. The molecule has 0 spiro atoms. The second kappa shape index (κ2) is 6.27. The third kappa shape index (κ3) is 3.18. The maximum atomic E-state index is 12.0. The van der Waals surface area contributed by atoms with Gasteiger partial charge < -0.3 is 21.1 Å². The summed E-state index contributed by atoms with van der Waals surface area (Å²) >= 11 is 3.03. The molecule has 21 heavy (non-hydrogen) atoms. The van der Waals surface area contributed by atoms with Crippen molar-refractivity contribution in [3.8, 4) is 0 Å². The van der Waals surface area contributed by atoms with Crippen molar-refractivity contribution in [1.29, 1.82) is 0 Å². The number of aliphatic hydroxyl groups excluding tert-OH is 1. The van der Waals surface area contributed by atoms with Crippen molar-refractivity contribution in [1.82, 2.24) is 10.3 Å². The van der Waals surface area contributed by atoms with E-state index >= 15 is 0 Å². The Hall–Kier alpha value is -1.22. The van der Waals surface area contributed by atoms with Crippen LogP contribution in [0.25, 0.3) is 9.53 Å². The van der Waals surface area contributed by atoms with E-state index in [1.807, 2.05) is 6.07 Å². The summed E-state index contributed by atoms with van der Waals surface area (Å²) in [7, 11) is 0. The van der Waals surface area contributed by atoms with Crippen molar-refractivity contribution >= 4 is 43.2 Å². The molecule has 1 amide bonds. The molecule has 1 saturated heterocycles. The Morgan fingerprint density at radius 1 is 1.48 bits per heavy atom. The molecule has 3 rings (SSSR count). The molecular formula is C13H18N4O2S2. The SMILES string of the molecule is NCC(O)CNC(=O)c1cc2sc(N3CCCC3)nc2s1. The molecule has 4 N–H and O–H groups in total. The van der Waals surface area contributed by atoms with Crippen LogP contribution in [0.1, 0.15) is 22.5 Å². The number of thiazole rings is 1. The van der Waals surface area contributed by atoms with Crippen LogP contribution in [0.4, 0.5) is 5.13 Å². The predicted octanol–water partition coefficient (Wildman–Crippen LogP) is 1.01. The van der Waals surface area contributed by atoms with Crippen LogP contribution in [0.15, 0.2) is 6.07 Å². The molecule has 8 heteroatoms. The number of aromatic nitrogens is 1. The van der Waals surface area contributed by atoms with Gasteiger partial charge in [0.2, 0.25) is 0 Å². The Kier molecular flexibility index (Phi) is 4.39. The first-order chi connectivity index (χ1) is 10.2. The largest absolute Gasteiger partial charge is 0.390 e. The van der Waals surface area contributed by atoms with Crippen LogP contribution in [0.2, 0.25) is 0 Å². The van der Waals surface area contributed by atoms with Crippen molar-refractivity contribution in [3.63, 3.8) is 0 Å². The minimum absolute atomic E-state index is 0.139. The normalized spacial score (nSPS) is 16.6. The molecule has 1 aliphatic heterocycles. The molecule has 1 atom stereocenters. The van der Waals surface area contributed by atoms with E-state index < -0.39 is 6.10 Å². The third-order valence-electron chi connectivity index (χ3n) is 3.45. The number of rotatable bonds is 5. The van der Waals surface area contributed by atoms with Crippen molar-refractivity contribution in [2.24, 2.45) is 5.73 Å². The summed E-state index contributed by atoms with van der Waals surface area (Å²) < 4.78 is 1.05. The quantitative estimate of drug-likeness (QED) is 0.763. The molecule has 1 aliphatic rings. The van der Waals surface area contributed by atoms with Crippen LogP contribution in [0.3, 0.4) is 0 Å². The Balaban J connectivity index is 1.70. The Morgan fingerprint density at radius 2 is 2.24 bits per heavy atom. The summed E-state index contributed by atoms with van der Waals surface area (Å²) in [6.07, 6.45) is 1.75. The zero-order valence-electron chi connectivity index (χ0n) is 11.5. The van der Waals surface area contributed by atoms with Crippen LogP contribution < -0.4 is 16.0 Å². The van der Waals surface area contributed by atoms with Gasteiger partial charge in [0.15, 0.2) is 5.13 Å². The summed E-state index contributed by atoms with van der Waals surface area (Å²) in [4.78, 5) is 20.4. The summed E-state index contributed by atoms with van der Waals surface area (Å²) in [6, 6.07) is 1.88. The van der Waals surface area contributed by atoms with E-state index in [2.05, 4.69) is 15.2 Å². The summed E-state index contributed by atoms with van der Waals surface area (Å²) in [5, 5.41) is 13.1. The van der Waals surface area contributed by atoms with Gasteiger partial charge >= 0.3 is 0 Å². The molecule has 1 fully saturated rings. The standard InChI is InChI=1S/C13H18N4O2S2/c14-6-8(18)7-15-11(19)9-5-10-12(20-9)16-13(21-10)17-3-1-2-4-17/h5,8,18H,1-4,6-7,14H2,(H,15,19). The Morgan fingerprint density at radius 3 is 2.90 bits per heavy atom. The highest BCUT2D eigenvalue weighted by Gasteiger charge is 2.19. The predicted molar refractivity (Wildman–Crippen MR) is 86.3 cm³/mol. The van der Waals surface area contributed by atoms with E-state index in [0.29, 0.717) is 4.88 Å². The molecule has 3 heterocycles. The maximum absolute atomic E-state index is 12.0. The van der Waals surface area contributed by atoms with Crippen LogP contribution >= 0.6 is 22.7 Å². The lowest BCUT2D eigenvalue weighted by molar-refractivity contribution is 0.0924. The zero-order chi connectivity index (χ0) is 14.8. The second-order valence-corrected chi connectivity index (χ2v) is 7.11. The molecular weight excluding hydrogens is 308 g/mol. The number of aliphatic hydroxyl groups is 1. The number of amides is 1. The molecule has 2 aromatic heterocycles. The second-order valence-electron chi connectivity index (χ2n) is 5.07. The van der Waals surface area contributed by atoms with Crippen LogP contribution in [0, 0.1) is 0 Å². The van der Waals surface area contributed by atoms with E-state index in [-0.39, 0.29) is 19.0 Å². The van der Waals surface area contributed by atoms with Crippen LogP contribution in [0.5, 0.6) is 0 Å². The monoisotopic (exact) mass is 326 g/mol. The number of fused-ring (bicyclic) bond motifs is 1. The average Bonchev–Trinajstić information content (AvgIpc) is 3.17. The highest BCUT2D eigenvalue weighted by Crippen LogP contribution is 2.35. The number of hydrogen-bond acceptors (Lipinski definition) is 7.